The summed E-state index contributed by atoms with van der Waals surface area (Å²) in [6, 6.07) is 11.4. The van der Waals surface area contributed by atoms with Crippen LogP contribution in [0.2, 0.25) is 0 Å². The van der Waals surface area contributed by atoms with Crippen molar-refractivity contribution in [1.82, 2.24) is 9.88 Å². The number of hydrogen-bond donors (Lipinski definition) is 1. The van der Waals surface area contributed by atoms with Crippen molar-refractivity contribution in [3.8, 4) is 22.8 Å². The first-order valence-corrected chi connectivity index (χ1v) is 12.7. The van der Waals surface area contributed by atoms with E-state index in [1.54, 1.807) is 36.1 Å². The van der Waals surface area contributed by atoms with E-state index in [1.807, 2.05) is 19.9 Å². The molecule has 0 radical (unpaired) electrons. The number of amides is 1. The molecule has 7 nitrogen and oxygen atoms in total. The highest BCUT2D eigenvalue weighted by Crippen LogP contribution is 2.51. The van der Waals surface area contributed by atoms with E-state index in [0.29, 0.717) is 37.1 Å². The summed E-state index contributed by atoms with van der Waals surface area (Å²) in [5.74, 6) is -0.170. The predicted molar refractivity (Wildman–Crippen MR) is 137 cm³/mol. The first kappa shape index (κ1) is 25.0. The number of pyridine rings is 1. The molecule has 37 heavy (non-hydrogen) atoms. The van der Waals surface area contributed by atoms with Gasteiger partial charge < -0.3 is 19.5 Å². The maximum atomic E-state index is 13.6. The van der Waals surface area contributed by atoms with Crippen LogP contribution >= 0.6 is 0 Å². The van der Waals surface area contributed by atoms with Crippen molar-refractivity contribution in [1.29, 1.82) is 0 Å². The Morgan fingerprint density at radius 3 is 2.59 bits per heavy atom. The standard InChI is InChI=1S/C29H31FN2O5/c1-4-36-24(34)16-32-12-11-29(28(32)35)14-21(15-29)37-27-23-13-20(33)9-10-22(23)25(26(31-27)17(2)3)18-5-7-19(30)8-6-18/h5-10,13,17,21,33H,4,11-12,14-16H2,1-3H3. The van der Waals surface area contributed by atoms with Crippen LogP contribution in [0, 0.1) is 11.2 Å². The van der Waals surface area contributed by atoms with Crippen LogP contribution in [0.25, 0.3) is 21.9 Å². The Kier molecular flexibility index (Phi) is 6.52. The topological polar surface area (TPSA) is 89.0 Å². The number of hydrogen-bond acceptors (Lipinski definition) is 6. The van der Waals surface area contributed by atoms with Crippen LogP contribution in [0.3, 0.4) is 0 Å². The molecule has 1 N–H and O–H groups in total. The molecular formula is C29H31FN2O5. The van der Waals surface area contributed by atoms with Gasteiger partial charge >= 0.3 is 5.97 Å². The SMILES string of the molecule is CCOC(=O)CN1CCC2(CC(Oc3nc(C(C)C)c(-c4ccc(F)cc4)c4ccc(O)cc34)C2)C1=O. The lowest BCUT2D eigenvalue weighted by atomic mass is 9.65. The Bertz CT molecular complexity index is 1350. The van der Waals surface area contributed by atoms with Crippen LogP contribution in [-0.2, 0) is 14.3 Å². The third kappa shape index (κ3) is 4.61. The number of esters is 1. The van der Waals surface area contributed by atoms with Gasteiger partial charge in [0.25, 0.3) is 0 Å². The summed E-state index contributed by atoms with van der Waals surface area (Å²) in [4.78, 5) is 31.4. The fourth-order valence-corrected chi connectivity index (χ4v) is 5.56. The molecule has 0 atom stereocenters. The highest BCUT2D eigenvalue weighted by Gasteiger charge is 2.56. The fourth-order valence-electron chi connectivity index (χ4n) is 5.56. The van der Waals surface area contributed by atoms with E-state index in [9.17, 15) is 19.1 Å². The Morgan fingerprint density at radius 2 is 1.92 bits per heavy atom. The van der Waals surface area contributed by atoms with Crippen LogP contribution in [0.4, 0.5) is 4.39 Å². The average molecular weight is 507 g/mol. The minimum atomic E-state index is -0.510. The molecule has 8 heteroatoms. The normalized spacial score (nSPS) is 21.1. The highest BCUT2D eigenvalue weighted by molar-refractivity contribution is 6.01. The van der Waals surface area contributed by atoms with Crippen LogP contribution in [0.15, 0.2) is 42.5 Å². The number of carbonyl (C=O) groups is 2. The van der Waals surface area contributed by atoms with Crippen molar-refractivity contribution in [2.24, 2.45) is 5.41 Å². The second kappa shape index (κ2) is 9.65. The molecule has 2 aliphatic rings. The van der Waals surface area contributed by atoms with E-state index in [4.69, 9.17) is 14.5 Å². The zero-order valence-corrected chi connectivity index (χ0v) is 21.3. The number of rotatable bonds is 7. The van der Waals surface area contributed by atoms with Gasteiger partial charge in [-0.15, -0.1) is 0 Å². The molecule has 194 valence electrons. The summed E-state index contributed by atoms with van der Waals surface area (Å²) in [5.41, 5.74) is 2.01. The quantitative estimate of drug-likeness (QED) is 0.444. The lowest BCUT2D eigenvalue weighted by Gasteiger charge is -2.43. The molecule has 1 aliphatic carbocycles. The van der Waals surface area contributed by atoms with Crippen molar-refractivity contribution in [2.75, 3.05) is 19.7 Å². The lowest BCUT2D eigenvalue weighted by Crippen LogP contribution is -2.49. The van der Waals surface area contributed by atoms with Gasteiger partial charge in [-0.25, -0.2) is 9.37 Å². The second-order valence-corrected chi connectivity index (χ2v) is 10.3. The van der Waals surface area contributed by atoms with Crippen molar-refractivity contribution >= 4 is 22.6 Å². The molecule has 2 aromatic carbocycles. The molecule has 1 amide bonds. The number of carbonyl (C=O) groups excluding carboxylic acids is 2. The molecule has 1 aromatic heterocycles. The van der Waals surface area contributed by atoms with Crippen molar-refractivity contribution in [3.05, 3.63) is 54.0 Å². The summed E-state index contributed by atoms with van der Waals surface area (Å²) in [5, 5.41) is 11.8. The van der Waals surface area contributed by atoms with Gasteiger partial charge in [0.15, 0.2) is 0 Å². The average Bonchev–Trinajstić information content (AvgIpc) is 3.15. The summed E-state index contributed by atoms with van der Waals surface area (Å²) in [7, 11) is 0. The van der Waals surface area contributed by atoms with Crippen molar-refractivity contribution in [3.63, 3.8) is 0 Å². The number of aromatic nitrogens is 1. The number of halogens is 1. The summed E-state index contributed by atoms with van der Waals surface area (Å²) in [6.07, 6.45) is 1.57. The first-order chi connectivity index (χ1) is 17.7. The zero-order chi connectivity index (χ0) is 26.3. The van der Waals surface area contributed by atoms with E-state index in [0.717, 1.165) is 22.2 Å². The summed E-state index contributed by atoms with van der Waals surface area (Å²) in [6.45, 7) is 6.62. The van der Waals surface area contributed by atoms with Gasteiger partial charge in [-0.1, -0.05) is 26.0 Å². The minimum absolute atomic E-state index is 0.0198. The number of nitrogens with zero attached hydrogens (tertiary/aromatic N) is 2. The van der Waals surface area contributed by atoms with Gasteiger partial charge in [-0.2, -0.15) is 0 Å². The van der Waals surface area contributed by atoms with Gasteiger partial charge in [0, 0.05) is 17.5 Å². The van der Waals surface area contributed by atoms with Crippen molar-refractivity contribution < 1.29 is 28.6 Å². The van der Waals surface area contributed by atoms with Gasteiger partial charge in [0.2, 0.25) is 11.8 Å². The number of likely N-dealkylation sites (tertiary alicyclic amines) is 1. The van der Waals surface area contributed by atoms with Crippen LogP contribution in [0.1, 0.15) is 51.6 Å². The molecule has 2 fully saturated rings. The van der Waals surface area contributed by atoms with Crippen LogP contribution in [0.5, 0.6) is 11.6 Å². The number of phenols is 1. The fraction of sp³-hybridized carbons (Fsp3) is 0.414. The number of fused-ring (bicyclic) bond motifs is 1. The highest BCUT2D eigenvalue weighted by atomic mass is 19.1. The van der Waals surface area contributed by atoms with Crippen LogP contribution < -0.4 is 4.74 Å². The number of aromatic hydroxyl groups is 1. The number of phenolic OH excluding ortho intramolecular Hbond substituents is 1. The third-order valence-corrected chi connectivity index (χ3v) is 7.40. The van der Waals surface area contributed by atoms with E-state index in [-0.39, 0.29) is 42.6 Å². The van der Waals surface area contributed by atoms with Gasteiger partial charge in [0.05, 0.1) is 17.7 Å². The van der Waals surface area contributed by atoms with Gasteiger partial charge in [0.1, 0.15) is 24.2 Å². The molecular weight excluding hydrogens is 475 g/mol. The molecule has 5 rings (SSSR count). The van der Waals surface area contributed by atoms with E-state index in [2.05, 4.69) is 0 Å². The Labute approximate surface area is 215 Å². The van der Waals surface area contributed by atoms with Crippen LogP contribution in [-0.4, -0.2) is 52.7 Å². The minimum Gasteiger partial charge on any atom is -0.508 e. The molecule has 3 aromatic rings. The molecule has 0 bridgehead atoms. The monoisotopic (exact) mass is 506 g/mol. The molecule has 0 unspecified atom stereocenters. The maximum Gasteiger partial charge on any atom is 0.325 e. The Hall–Kier alpha value is -3.68. The molecule has 2 heterocycles. The largest absolute Gasteiger partial charge is 0.508 e. The maximum absolute atomic E-state index is 13.6. The Morgan fingerprint density at radius 1 is 1.19 bits per heavy atom. The number of ether oxygens (including phenoxy) is 2. The van der Waals surface area contributed by atoms with Crippen molar-refractivity contribution in [2.45, 2.75) is 52.1 Å². The molecule has 1 spiro atoms. The van der Waals surface area contributed by atoms with Gasteiger partial charge in [-0.05, 0) is 73.4 Å². The third-order valence-electron chi connectivity index (χ3n) is 7.40. The number of benzene rings is 2. The first-order valence-electron chi connectivity index (χ1n) is 12.7. The lowest BCUT2D eigenvalue weighted by molar-refractivity contribution is -0.153. The van der Waals surface area contributed by atoms with E-state index < -0.39 is 11.4 Å². The predicted octanol–water partition coefficient (Wildman–Crippen LogP) is 5.19. The second-order valence-electron chi connectivity index (χ2n) is 10.3. The van der Waals surface area contributed by atoms with Gasteiger partial charge in [-0.3, -0.25) is 9.59 Å². The van der Waals surface area contributed by atoms with E-state index >= 15 is 0 Å². The zero-order valence-electron chi connectivity index (χ0n) is 21.3. The molecule has 1 aliphatic heterocycles. The smallest absolute Gasteiger partial charge is 0.325 e. The molecule has 1 saturated heterocycles. The molecule has 1 saturated carbocycles. The van der Waals surface area contributed by atoms with E-state index in [1.165, 1.54) is 12.1 Å². The summed E-state index contributed by atoms with van der Waals surface area (Å²) < 4.78 is 25.0. The Balaban J connectivity index is 1.43. The summed E-state index contributed by atoms with van der Waals surface area (Å²) >= 11 is 0.